The fraction of sp³-hybridized carbons (Fsp3) is 0.440. The fourth-order valence-electron chi connectivity index (χ4n) is 4.45. The molecule has 2 fully saturated rings. The smallest absolute Gasteiger partial charge is 0.256 e. The number of likely N-dealkylation sites (N-methyl/N-ethyl adjacent to an activating group) is 1. The summed E-state index contributed by atoms with van der Waals surface area (Å²) in [4.78, 5) is 29.5. The Morgan fingerprint density at radius 2 is 1.84 bits per heavy atom. The number of amides is 2. The Balaban J connectivity index is 1.62. The highest BCUT2D eigenvalue weighted by atomic mass is 19.1. The van der Waals surface area contributed by atoms with Crippen LogP contribution < -0.4 is 0 Å². The van der Waals surface area contributed by atoms with Crippen LogP contribution in [0.25, 0.3) is 11.1 Å². The molecule has 0 N–H and O–H groups in total. The van der Waals surface area contributed by atoms with Crippen LogP contribution in [0.5, 0.6) is 0 Å². The van der Waals surface area contributed by atoms with Gasteiger partial charge in [-0.1, -0.05) is 43.3 Å². The monoisotopic (exact) mass is 424 g/mol. The first kappa shape index (κ1) is 21.5. The molecule has 0 spiro atoms. The Hall–Kier alpha value is -2.73. The van der Waals surface area contributed by atoms with Gasteiger partial charge in [0.25, 0.3) is 5.91 Å². The van der Waals surface area contributed by atoms with Gasteiger partial charge in [0.05, 0.1) is 13.2 Å². The zero-order chi connectivity index (χ0) is 22.2. The number of hydrogen-bond acceptors (Lipinski definition) is 3. The minimum Gasteiger partial charge on any atom is -0.361 e. The Morgan fingerprint density at radius 3 is 2.48 bits per heavy atom. The van der Waals surface area contributed by atoms with E-state index in [4.69, 9.17) is 4.74 Å². The van der Waals surface area contributed by atoms with Crippen LogP contribution in [-0.2, 0) is 20.7 Å². The number of ether oxygens (including phenoxy) is 1. The first-order valence-corrected chi connectivity index (χ1v) is 10.8. The van der Waals surface area contributed by atoms with E-state index in [2.05, 4.69) is 6.92 Å². The van der Waals surface area contributed by atoms with Gasteiger partial charge in [0.15, 0.2) is 5.60 Å². The molecule has 1 saturated heterocycles. The number of rotatable bonds is 5. The predicted molar refractivity (Wildman–Crippen MR) is 117 cm³/mol. The first-order valence-electron chi connectivity index (χ1n) is 10.8. The molecular weight excluding hydrogens is 395 g/mol. The number of carbonyl (C=O) groups excluding carboxylic acids is 2. The number of carbonyl (C=O) groups is 2. The number of morpholine rings is 1. The van der Waals surface area contributed by atoms with Crippen LogP contribution >= 0.6 is 0 Å². The van der Waals surface area contributed by atoms with Gasteiger partial charge in [0.2, 0.25) is 5.91 Å². The molecule has 0 radical (unpaired) electrons. The van der Waals surface area contributed by atoms with E-state index >= 15 is 0 Å². The van der Waals surface area contributed by atoms with E-state index in [1.54, 1.807) is 25.1 Å². The van der Waals surface area contributed by atoms with Gasteiger partial charge in [-0.25, -0.2) is 4.39 Å². The SMILES string of the molecule is CC1CC1C(=O)N1CCOC(Cc2cccc(-c3cccc(F)c3)c2)(C(=O)N(C)C)C1. The van der Waals surface area contributed by atoms with Crippen molar-refractivity contribution in [1.82, 2.24) is 9.80 Å². The van der Waals surface area contributed by atoms with Crippen LogP contribution in [0.3, 0.4) is 0 Å². The third-order valence-electron chi connectivity index (χ3n) is 6.29. The average molecular weight is 425 g/mol. The van der Waals surface area contributed by atoms with Crippen LogP contribution in [-0.4, -0.2) is 61.0 Å². The summed E-state index contributed by atoms with van der Waals surface area (Å²) in [7, 11) is 3.42. The van der Waals surface area contributed by atoms with Crippen LogP contribution in [0, 0.1) is 17.7 Å². The van der Waals surface area contributed by atoms with Gasteiger partial charge in [-0.2, -0.15) is 0 Å². The molecule has 1 aliphatic heterocycles. The van der Waals surface area contributed by atoms with E-state index in [1.165, 1.54) is 17.0 Å². The van der Waals surface area contributed by atoms with E-state index in [9.17, 15) is 14.0 Å². The summed E-state index contributed by atoms with van der Waals surface area (Å²) in [6.07, 6.45) is 1.26. The van der Waals surface area contributed by atoms with Crippen molar-refractivity contribution in [3.8, 4) is 11.1 Å². The Kier molecular flexibility index (Phi) is 5.84. The first-order chi connectivity index (χ1) is 14.8. The van der Waals surface area contributed by atoms with Crippen molar-refractivity contribution in [2.45, 2.75) is 25.4 Å². The van der Waals surface area contributed by atoms with E-state index < -0.39 is 5.60 Å². The summed E-state index contributed by atoms with van der Waals surface area (Å²) in [6, 6.07) is 14.2. The predicted octanol–water partition coefficient (Wildman–Crippen LogP) is 3.38. The molecule has 3 atom stereocenters. The average Bonchev–Trinajstić information content (AvgIpc) is 3.49. The van der Waals surface area contributed by atoms with Gasteiger partial charge >= 0.3 is 0 Å². The van der Waals surface area contributed by atoms with Gasteiger partial charge in [-0.3, -0.25) is 9.59 Å². The normalized spacial score (nSPS) is 25.2. The number of halogens is 1. The quantitative estimate of drug-likeness (QED) is 0.740. The van der Waals surface area contributed by atoms with Gasteiger partial charge in [0, 0.05) is 33.0 Å². The summed E-state index contributed by atoms with van der Waals surface area (Å²) in [5.41, 5.74) is 1.43. The Bertz CT molecular complexity index is 992. The molecule has 1 aliphatic carbocycles. The molecule has 2 aliphatic rings. The van der Waals surface area contributed by atoms with Crippen molar-refractivity contribution in [3.05, 3.63) is 59.9 Å². The topological polar surface area (TPSA) is 49.9 Å². The maximum Gasteiger partial charge on any atom is 0.256 e. The van der Waals surface area contributed by atoms with E-state index in [1.807, 2.05) is 30.3 Å². The molecule has 1 saturated carbocycles. The van der Waals surface area contributed by atoms with Crippen molar-refractivity contribution in [1.29, 1.82) is 0 Å². The summed E-state index contributed by atoms with van der Waals surface area (Å²) < 4.78 is 19.8. The van der Waals surface area contributed by atoms with Crippen molar-refractivity contribution in [2.75, 3.05) is 33.8 Å². The lowest BCUT2D eigenvalue weighted by molar-refractivity contribution is -0.173. The molecule has 4 rings (SSSR count). The van der Waals surface area contributed by atoms with Crippen LogP contribution in [0.2, 0.25) is 0 Å². The highest BCUT2D eigenvalue weighted by Gasteiger charge is 2.49. The summed E-state index contributed by atoms with van der Waals surface area (Å²) >= 11 is 0. The lowest BCUT2D eigenvalue weighted by Gasteiger charge is -2.43. The van der Waals surface area contributed by atoms with Gasteiger partial charge < -0.3 is 14.5 Å². The van der Waals surface area contributed by atoms with E-state index in [-0.39, 0.29) is 30.1 Å². The van der Waals surface area contributed by atoms with Gasteiger partial charge in [-0.05, 0) is 41.2 Å². The van der Waals surface area contributed by atoms with Crippen molar-refractivity contribution >= 4 is 11.8 Å². The molecule has 2 aromatic carbocycles. The second kappa shape index (κ2) is 8.42. The molecule has 2 amide bonds. The molecule has 31 heavy (non-hydrogen) atoms. The molecule has 1 heterocycles. The number of benzene rings is 2. The third-order valence-corrected chi connectivity index (χ3v) is 6.29. The van der Waals surface area contributed by atoms with Gasteiger partial charge in [-0.15, -0.1) is 0 Å². The summed E-state index contributed by atoms with van der Waals surface area (Å²) in [5.74, 6) is 0.172. The molecule has 6 heteroatoms. The molecular formula is C25H29FN2O3. The molecule has 5 nitrogen and oxygen atoms in total. The maximum atomic E-state index is 13.7. The number of hydrogen-bond donors (Lipinski definition) is 0. The summed E-state index contributed by atoms with van der Waals surface area (Å²) in [6.45, 7) is 3.17. The van der Waals surface area contributed by atoms with Crippen molar-refractivity contribution in [3.63, 3.8) is 0 Å². The fourth-order valence-corrected chi connectivity index (χ4v) is 4.45. The maximum absolute atomic E-state index is 13.7. The van der Waals surface area contributed by atoms with Crippen LogP contribution in [0.4, 0.5) is 4.39 Å². The van der Waals surface area contributed by atoms with E-state index in [0.29, 0.717) is 25.5 Å². The third kappa shape index (κ3) is 4.49. The summed E-state index contributed by atoms with van der Waals surface area (Å²) in [5, 5.41) is 0. The number of nitrogens with zero attached hydrogens (tertiary/aromatic N) is 2. The molecule has 3 unspecified atom stereocenters. The zero-order valence-corrected chi connectivity index (χ0v) is 18.3. The molecule has 0 bridgehead atoms. The lowest BCUT2D eigenvalue weighted by Crippen LogP contribution is -2.62. The van der Waals surface area contributed by atoms with Crippen molar-refractivity contribution < 1.29 is 18.7 Å². The van der Waals surface area contributed by atoms with Crippen LogP contribution in [0.1, 0.15) is 18.9 Å². The standard InChI is InChI=1S/C25H29FN2O3/c1-17-12-22(17)23(29)28-10-11-31-25(16-28,24(30)27(2)3)15-18-6-4-7-19(13-18)20-8-5-9-21(26)14-20/h4-9,13-14,17,22H,10-12,15-16H2,1-3H3. The second-order valence-corrected chi connectivity index (χ2v) is 9.01. The Morgan fingerprint density at radius 1 is 1.16 bits per heavy atom. The molecule has 2 aromatic rings. The molecule has 0 aromatic heterocycles. The molecule has 164 valence electrons. The Labute approximate surface area is 182 Å². The highest BCUT2D eigenvalue weighted by molar-refractivity contribution is 5.88. The van der Waals surface area contributed by atoms with Crippen LogP contribution in [0.15, 0.2) is 48.5 Å². The lowest BCUT2D eigenvalue weighted by atomic mass is 9.89. The second-order valence-electron chi connectivity index (χ2n) is 9.01. The minimum atomic E-state index is -1.13. The largest absolute Gasteiger partial charge is 0.361 e. The zero-order valence-electron chi connectivity index (χ0n) is 18.3. The highest BCUT2D eigenvalue weighted by Crippen LogP contribution is 2.40. The minimum absolute atomic E-state index is 0.0709. The van der Waals surface area contributed by atoms with Crippen molar-refractivity contribution in [2.24, 2.45) is 11.8 Å². The van der Waals surface area contributed by atoms with E-state index in [0.717, 1.165) is 23.1 Å². The van der Waals surface area contributed by atoms with Gasteiger partial charge in [0.1, 0.15) is 5.82 Å².